The van der Waals surface area contributed by atoms with Crippen molar-refractivity contribution in [2.75, 3.05) is 7.11 Å². The van der Waals surface area contributed by atoms with E-state index in [4.69, 9.17) is 10.00 Å². The van der Waals surface area contributed by atoms with E-state index in [2.05, 4.69) is 0 Å². The Labute approximate surface area is 118 Å². The van der Waals surface area contributed by atoms with Crippen molar-refractivity contribution < 1.29 is 22.3 Å². The van der Waals surface area contributed by atoms with Crippen LogP contribution in [0.2, 0.25) is 0 Å². The summed E-state index contributed by atoms with van der Waals surface area (Å²) >= 11 is 0. The number of nitriles is 1. The first-order chi connectivity index (χ1) is 9.86. The van der Waals surface area contributed by atoms with E-state index < -0.39 is 23.1 Å². The first-order valence-electron chi connectivity index (χ1n) is 5.82. The van der Waals surface area contributed by atoms with Gasteiger partial charge >= 0.3 is 6.18 Å². The fraction of sp³-hybridized carbons (Fsp3) is 0.133. The van der Waals surface area contributed by atoms with Crippen molar-refractivity contribution in [3.63, 3.8) is 0 Å². The van der Waals surface area contributed by atoms with E-state index in [1.807, 2.05) is 0 Å². The zero-order valence-electron chi connectivity index (χ0n) is 10.8. The minimum absolute atomic E-state index is 0.00536. The van der Waals surface area contributed by atoms with Gasteiger partial charge in [-0.2, -0.15) is 18.4 Å². The summed E-state index contributed by atoms with van der Waals surface area (Å²) in [5.74, 6) is -0.437. The van der Waals surface area contributed by atoms with Crippen LogP contribution in [0.3, 0.4) is 0 Å². The van der Waals surface area contributed by atoms with E-state index in [9.17, 15) is 17.6 Å². The predicted molar refractivity (Wildman–Crippen MR) is 68.1 cm³/mol. The SMILES string of the molecule is COc1ccc(-c2ccc(C#N)c(C(F)(F)F)c2)c(F)c1. The van der Waals surface area contributed by atoms with Gasteiger partial charge in [-0.3, -0.25) is 0 Å². The van der Waals surface area contributed by atoms with E-state index >= 15 is 0 Å². The van der Waals surface area contributed by atoms with E-state index in [1.54, 1.807) is 0 Å². The summed E-state index contributed by atoms with van der Waals surface area (Å²) in [5, 5.41) is 8.73. The van der Waals surface area contributed by atoms with Crippen molar-refractivity contribution in [1.29, 1.82) is 5.26 Å². The van der Waals surface area contributed by atoms with Crippen LogP contribution in [-0.4, -0.2) is 7.11 Å². The number of hydrogen-bond acceptors (Lipinski definition) is 2. The van der Waals surface area contributed by atoms with Gasteiger partial charge in [-0.05, 0) is 29.8 Å². The lowest BCUT2D eigenvalue weighted by atomic mass is 9.99. The van der Waals surface area contributed by atoms with Gasteiger partial charge in [0.1, 0.15) is 11.6 Å². The summed E-state index contributed by atoms with van der Waals surface area (Å²) in [6.07, 6.45) is -4.68. The second kappa shape index (κ2) is 5.44. The lowest BCUT2D eigenvalue weighted by Gasteiger charge is -2.12. The van der Waals surface area contributed by atoms with Crippen molar-refractivity contribution in [3.05, 3.63) is 53.3 Å². The molecule has 0 N–H and O–H groups in total. The third-order valence-electron chi connectivity index (χ3n) is 2.93. The molecule has 0 spiro atoms. The topological polar surface area (TPSA) is 33.0 Å². The molecule has 2 aromatic carbocycles. The van der Waals surface area contributed by atoms with Crippen molar-refractivity contribution in [2.45, 2.75) is 6.18 Å². The Balaban J connectivity index is 2.59. The normalized spacial score (nSPS) is 11.0. The highest BCUT2D eigenvalue weighted by Crippen LogP contribution is 2.35. The van der Waals surface area contributed by atoms with E-state index in [1.165, 1.54) is 31.4 Å². The molecule has 0 radical (unpaired) electrons. The van der Waals surface area contributed by atoms with Crippen LogP contribution in [-0.2, 0) is 6.18 Å². The zero-order valence-corrected chi connectivity index (χ0v) is 10.8. The number of benzene rings is 2. The van der Waals surface area contributed by atoms with Gasteiger partial charge in [-0.15, -0.1) is 0 Å². The summed E-state index contributed by atoms with van der Waals surface area (Å²) in [5.41, 5.74) is -1.54. The highest BCUT2D eigenvalue weighted by Gasteiger charge is 2.34. The highest BCUT2D eigenvalue weighted by molar-refractivity contribution is 5.67. The Bertz CT molecular complexity index is 717. The number of hydrogen-bond donors (Lipinski definition) is 0. The average Bonchev–Trinajstić information content (AvgIpc) is 2.45. The van der Waals surface area contributed by atoms with Crippen LogP contribution in [0.5, 0.6) is 5.75 Å². The first-order valence-corrected chi connectivity index (χ1v) is 5.82. The molecule has 0 aliphatic carbocycles. The van der Waals surface area contributed by atoms with Crippen LogP contribution in [0.25, 0.3) is 11.1 Å². The second-order valence-electron chi connectivity index (χ2n) is 4.22. The average molecular weight is 295 g/mol. The Morgan fingerprint density at radius 1 is 1.10 bits per heavy atom. The molecule has 0 saturated carbocycles. The van der Waals surface area contributed by atoms with E-state index in [0.717, 1.165) is 18.2 Å². The summed E-state index contributed by atoms with van der Waals surface area (Å²) in [7, 11) is 1.36. The molecule has 0 saturated heterocycles. The van der Waals surface area contributed by atoms with Crippen LogP contribution in [0.1, 0.15) is 11.1 Å². The maximum Gasteiger partial charge on any atom is 0.417 e. The third kappa shape index (κ3) is 2.97. The zero-order chi connectivity index (χ0) is 15.6. The van der Waals surface area contributed by atoms with E-state index in [0.29, 0.717) is 0 Å². The molecule has 0 heterocycles. The van der Waals surface area contributed by atoms with Gasteiger partial charge in [0.25, 0.3) is 0 Å². The molecule has 0 unspecified atom stereocenters. The Hall–Kier alpha value is -2.55. The number of halogens is 4. The molecule has 0 aromatic heterocycles. The van der Waals surface area contributed by atoms with Crippen LogP contribution >= 0.6 is 0 Å². The molecule has 2 aromatic rings. The molecule has 0 fully saturated rings. The number of ether oxygens (including phenoxy) is 1. The molecule has 0 bridgehead atoms. The van der Waals surface area contributed by atoms with Crippen molar-refractivity contribution in [2.24, 2.45) is 0 Å². The van der Waals surface area contributed by atoms with Crippen molar-refractivity contribution in [3.8, 4) is 22.9 Å². The lowest BCUT2D eigenvalue weighted by Crippen LogP contribution is -2.08. The molecular weight excluding hydrogens is 286 g/mol. The lowest BCUT2D eigenvalue weighted by molar-refractivity contribution is -0.137. The monoisotopic (exact) mass is 295 g/mol. The van der Waals surface area contributed by atoms with Gasteiger partial charge in [-0.25, -0.2) is 4.39 Å². The maximum atomic E-state index is 13.9. The number of alkyl halides is 3. The van der Waals surface area contributed by atoms with Gasteiger partial charge in [-0.1, -0.05) is 6.07 Å². The Morgan fingerprint density at radius 2 is 1.81 bits per heavy atom. The third-order valence-corrected chi connectivity index (χ3v) is 2.93. The fourth-order valence-electron chi connectivity index (χ4n) is 1.90. The predicted octanol–water partition coefficient (Wildman–Crippen LogP) is 4.39. The summed E-state index contributed by atoms with van der Waals surface area (Å²) < 4.78 is 57.4. The number of methoxy groups -OCH3 is 1. The molecule has 2 rings (SSSR count). The van der Waals surface area contributed by atoms with Gasteiger partial charge in [0.2, 0.25) is 0 Å². The van der Waals surface area contributed by atoms with Crippen LogP contribution in [0.4, 0.5) is 17.6 Å². The summed E-state index contributed by atoms with van der Waals surface area (Å²) in [6, 6.07) is 8.41. The Kier molecular flexibility index (Phi) is 3.85. The standard InChI is InChI=1S/C15H9F4NO/c1-21-11-4-5-12(14(16)7-11)9-2-3-10(8-20)13(6-9)15(17,18)19/h2-7H,1H3. The van der Waals surface area contributed by atoms with Gasteiger partial charge in [0, 0.05) is 11.6 Å². The molecule has 0 aliphatic heterocycles. The number of rotatable bonds is 2. The first kappa shape index (κ1) is 14.9. The van der Waals surface area contributed by atoms with Gasteiger partial charge in [0.05, 0.1) is 24.3 Å². The van der Waals surface area contributed by atoms with Crippen molar-refractivity contribution in [1.82, 2.24) is 0 Å². The van der Waals surface area contributed by atoms with E-state index in [-0.39, 0.29) is 16.9 Å². The molecule has 6 heteroatoms. The van der Waals surface area contributed by atoms with Crippen LogP contribution in [0, 0.1) is 17.1 Å². The molecule has 2 nitrogen and oxygen atoms in total. The van der Waals surface area contributed by atoms with Crippen LogP contribution in [0.15, 0.2) is 36.4 Å². The van der Waals surface area contributed by atoms with Crippen LogP contribution < -0.4 is 4.74 Å². The minimum atomic E-state index is -4.68. The molecule has 21 heavy (non-hydrogen) atoms. The van der Waals surface area contributed by atoms with Gasteiger partial charge in [0.15, 0.2) is 0 Å². The Morgan fingerprint density at radius 3 is 2.33 bits per heavy atom. The number of nitrogens with zero attached hydrogens (tertiary/aromatic N) is 1. The summed E-state index contributed by atoms with van der Waals surface area (Å²) in [6.45, 7) is 0. The van der Waals surface area contributed by atoms with Gasteiger partial charge < -0.3 is 4.74 Å². The second-order valence-corrected chi connectivity index (χ2v) is 4.22. The molecular formula is C15H9F4NO. The summed E-state index contributed by atoms with van der Waals surface area (Å²) in [4.78, 5) is 0. The minimum Gasteiger partial charge on any atom is -0.497 e. The largest absolute Gasteiger partial charge is 0.497 e. The van der Waals surface area contributed by atoms with Crippen molar-refractivity contribution >= 4 is 0 Å². The quantitative estimate of drug-likeness (QED) is 0.770. The molecule has 0 aliphatic rings. The molecule has 108 valence electrons. The fourth-order valence-corrected chi connectivity index (χ4v) is 1.90. The molecule has 0 atom stereocenters. The smallest absolute Gasteiger partial charge is 0.417 e. The molecule has 0 amide bonds. The maximum absolute atomic E-state index is 13.9. The highest BCUT2D eigenvalue weighted by atomic mass is 19.4.